The van der Waals surface area contributed by atoms with Crippen LogP contribution in [-0.2, 0) is 11.2 Å². The molecular weight excluding hydrogens is 244 g/mol. The lowest BCUT2D eigenvalue weighted by Gasteiger charge is -2.35. The van der Waals surface area contributed by atoms with Gasteiger partial charge in [0.25, 0.3) is 0 Å². The van der Waals surface area contributed by atoms with E-state index in [1.165, 1.54) is 11.1 Å². The predicted molar refractivity (Wildman–Crippen MR) is 77.4 cm³/mol. The highest BCUT2D eigenvalue weighted by Crippen LogP contribution is 2.35. The van der Waals surface area contributed by atoms with Crippen molar-refractivity contribution in [2.75, 3.05) is 19.1 Å². The molecule has 100 valence electrons. The topological polar surface area (TPSA) is 9.23 Å². The van der Waals surface area contributed by atoms with Crippen LogP contribution < -0.4 is 0 Å². The summed E-state index contributed by atoms with van der Waals surface area (Å²) in [7, 11) is 0. The molecule has 0 aromatic heterocycles. The second-order valence-corrected chi connectivity index (χ2v) is 6.09. The number of rotatable bonds is 4. The summed E-state index contributed by atoms with van der Waals surface area (Å²) in [6, 6.07) is 9.03. The Balaban J connectivity index is 2.07. The van der Waals surface area contributed by atoms with Crippen molar-refractivity contribution < 1.29 is 4.74 Å². The summed E-state index contributed by atoms with van der Waals surface area (Å²) in [5.41, 5.74) is 3.06. The fourth-order valence-corrected chi connectivity index (χ4v) is 2.98. The molecule has 0 radical (unpaired) electrons. The number of hydrogen-bond donors (Lipinski definition) is 0. The number of alkyl halides is 1. The maximum atomic E-state index is 6.21. The van der Waals surface area contributed by atoms with Crippen LogP contribution in [0.25, 0.3) is 0 Å². The molecule has 2 heteroatoms. The lowest BCUT2D eigenvalue weighted by molar-refractivity contribution is 0.0258. The largest absolute Gasteiger partial charge is 0.381 e. The van der Waals surface area contributed by atoms with Gasteiger partial charge in [0.1, 0.15) is 0 Å². The third-order valence-electron chi connectivity index (χ3n) is 4.06. The fourth-order valence-electron chi connectivity index (χ4n) is 2.62. The molecule has 1 heterocycles. The van der Waals surface area contributed by atoms with Crippen molar-refractivity contribution in [3.05, 3.63) is 35.4 Å². The van der Waals surface area contributed by atoms with Crippen molar-refractivity contribution in [1.82, 2.24) is 0 Å². The number of halogens is 1. The molecule has 1 fully saturated rings. The molecule has 0 spiro atoms. The summed E-state index contributed by atoms with van der Waals surface area (Å²) in [6.07, 6.45) is 3.25. The molecule has 1 aromatic rings. The number of ether oxygens (including phenoxy) is 1. The lowest BCUT2D eigenvalue weighted by atomic mass is 9.77. The average molecular weight is 267 g/mol. The summed E-state index contributed by atoms with van der Waals surface area (Å²) in [4.78, 5) is 0. The van der Waals surface area contributed by atoms with Gasteiger partial charge in [-0.25, -0.2) is 0 Å². The third-order valence-corrected chi connectivity index (χ3v) is 4.63. The molecule has 1 saturated heterocycles. The van der Waals surface area contributed by atoms with E-state index in [0.29, 0.717) is 5.92 Å². The molecule has 0 atom stereocenters. The van der Waals surface area contributed by atoms with Crippen molar-refractivity contribution in [2.24, 2.45) is 5.41 Å². The Morgan fingerprint density at radius 3 is 2.28 bits per heavy atom. The van der Waals surface area contributed by atoms with Gasteiger partial charge in [0, 0.05) is 19.1 Å². The van der Waals surface area contributed by atoms with Gasteiger partial charge in [0.15, 0.2) is 0 Å². The third kappa shape index (κ3) is 3.27. The average Bonchev–Trinajstić information content (AvgIpc) is 2.40. The Morgan fingerprint density at radius 1 is 1.17 bits per heavy atom. The summed E-state index contributed by atoms with van der Waals surface area (Å²) in [6.45, 7) is 6.18. The van der Waals surface area contributed by atoms with Gasteiger partial charge in [-0.05, 0) is 41.7 Å². The van der Waals surface area contributed by atoms with Crippen LogP contribution in [0.2, 0.25) is 0 Å². The van der Waals surface area contributed by atoms with E-state index in [1.807, 2.05) is 0 Å². The quantitative estimate of drug-likeness (QED) is 0.735. The Hall–Kier alpha value is -0.530. The highest BCUT2D eigenvalue weighted by molar-refractivity contribution is 6.18. The van der Waals surface area contributed by atoms with Crippen molar-refractivity contribution in [3.8, 4) is 0 Å². The van der Waals surface area contributed by atoms with Crippen molar-refractivity contribution in [1.29, 1.82) is 0 Å². The molecule has 1 aromatic carbocycles. The molecule has 2 rings (SSSR count). The molecule has 1 aliphatic heterocycles. The summed E-state index contributed by atoms with van der Waals surface area (Å²) >= 11 is 6.21. The van der Waals surface area contributed by atoms with Crippen LogP contribution in [0.5, 0.6) is 0 Å². The summed E-state index contributed by atoms with van der Waals surface area (Å²) in [5, 5.41) is 0. The van der Waals surface area contributed by atoms with Gasteiger partial charge < -0.3 is 4.74 Å². The Bertz CT molecular complexity index is 363. The van der Waals surface area contributed by atoms with E-state index in [2.05, 4.69) is 38.1 Å². The van der Waals surface area contributed by atoms with E-state index in [9.17, 15) is 0 Å². The first-order chi connectivity index (χ1) is 8.65. The molecule has 1 aliphatic rings. The molecule has 18 heavy (non-hydrogen) atoms. The van der Waals surface area contributed by atoms with Crippen LogP contribution in [0.1, 0.15) is 43.7 Å². The smallest absolute Gasteiger partial charge is 0.0471 e. The minimum Gasteiger partial charge on any atom is -0.381 e. The highest BCUT2D eigenvalue weighted by Gasteiger charge is 2.31. The molecule has 0 saturated carbocycles. The van der Waals surface area contributed by atoms with Crippen LogP contribution in [0.4, 0.5) is 0 Å². The monoisotopic (exact) mass is 266 g/mol. The minimum absolute atomic E-state index is 0.249. The molecule has 0 N–H and O–H groups in total. The molecule has 0 amide bonds. The Morgan fingerprint density at radius 2 is 1.78 bits per heavy atom. The van der Waals surface area contributed by atoms with Crippen molar-refractivity contribution in [3.63, 3.8) is 0 Å². The second-order valence-electron chi connectivity index (χ2n) is 5.82. The van der Waals surface area contributed by atoms with Gasteiger partial charge in [0.2, 0.25) is 0 Å². The predicted octanol–water partition coefficient (Wildman–Crippen LogP) is 4.39. The van der Waals surface area contributed by atoms with E-state index in [0.717, 1.165) is 38.4 Å². The van der Waals surface area contributed by atoms with E-state index >= 15 is 0 Å². The zero-order valence-electron chi connectivity index (χ0n) is 11.4. The second kappa shape index (κ2) is 6.08. The van der Waals surface area contributed by atoms with E-state index in [1.54, 1.807) is 0 Å². The first-order valence-electron chi connectivity index (χ1n) is 6.88. The normalized spacial score (nSPS) is 19.1. The summed E-state index contributed by atoms with van der Waals surface area (Å²) in [5.74, 6) is 1.34. The van der Waals surface area contributed by atoms with Gasteiger partial charge in [-0.2, -0.15) is 0 Å². The minimum atomic E-state index is 0.249. The lowest BCUT2D eigenvalue weighted by Crippen LogP contribution is -2.33. The zero-order chi connectivity index (χ0) is 13.0. The van der Waals surface area contributed by atoms with E-state index in [-0.39, 0.29) is 5.41 Å². The fraction of sp³-hybridized carbons (Fsp3) is 0.625. The van der Waals surface area contributed by atoms with Crippen molar-refractivity contribution >= 4 is 11.6 Å². The zero-order valence-corrected chi connectivity index (χ0v) is 12.2. The number of benzene rings is 1. The van der Waals surface area contributed by atoms with Gasteiger partial charge in [-0.1, -0.05) is 38.1 Å². The van der Waals surface area contributed by atoms with Crippen LogP contribution in [0.15, 0.2) is 24.3 Å². The van der Waals surface area contributed by atoms with Crippen LogP contribution in [0, 0.1) is 5.41 Å². The van der Waals surface area contributed by atoms with Gasteiger partial charge in [0.05, 0.1) is 0 Å². The molecular formula is C16H23ClO. The van der Waals surface area contributed by atoms with Crippen LogP contribution in [0.3, 0.4) is 0 Å². The number of hydrogen-bond acceptors (Lipinski definition) is 1. The SMILES string of the molecule is CC(C)c1ccc(CC2(CCl)CCOCC2)cc1. The standard InChI is InChI=1S/C16H23ClO/c1-13(2)15-5-3-14(4-6-15)11-16(12-17)7-9-18-10-8-16/h3-6,13H,7-12H2,1-2H3. The maximum Gasteiger partial charge on any atom is 0.0471 e. The van der Waals surface area contributed by atoms with Crippen LogP contribution >= 0.6 is 11.6 Å². The van der Waals surface area contributed by atoms with Crippen molar-refractivity contribution in [2.45, 2.75) is 39.0 Å². The summed E-state index contributed by atoms with van der Waals surface area (Å²) < 4.78 is 5.46. The van der Waals surface area contributed by atoms with Gasteiger partial charge in [-0.3, -0.25) is 0 Å². The Kier molecular flexibility index (Phi) is 4.69. The van der Waals surface area contributed by atoms with Crippen LogP contribution in [-0.4, -0.2) is 19.1 Å². The molecule has 1 nitrogen and oxygen atoms in total. The highest BCUT2D eigenvalue weighted by atomic mass is 35.5. The van der Waals surface area contributed by atoms with E-state index < -0.39 is 0 Å². The molecule has 0 bridgehead atoms. The van der Waals surface area contributed by atoms with E-state index in [4.69, 9.17) is 16.3 Å². The Labute approximate surface area is 115 Å². The first-order valence-corrected chi connectivity index (χ1v) is 7.41. The van der Waals surface area contributed by atoms with Gasteiger partial charge in [-0.15, -0.1) is 11.6 Å². The molecule has 0 aliphatic carbocycles. The van der Waals surface area contributed by atoms with Gasteiger partial charge >= 0.3 is 0 Å². The maximum absolute atomic E-state index is 6.21. The first kappa shape index (κ1) is 13.9. The molecule has 0 unspecified atom stereocenters.